The van der Waals surface area contributed by atoms with E-state index >= 15 is 0 Å². The van der Waals surface area contributed by atoms with Crippen LogP contribution in [0.25, 0.3) is 10.9 Å². The van der Waals surface area contributed by atoms with Crippen molar-refractivity contribution in [2.24, 2.45) is 23.7 Å². The van der Waals surface area contributed by atoms with Gasteiger partial charge >= 0.3 is 0 Å². The van der Waals surface area contributed by atoms with Gasteiger partial charge in [-0.1, -0.05) is 30.4 Å². The number of fused-ring (bicyclic) bond motifs is 6. The number of anilines is 1. The molecule has 0 radical (unpaired) electrons. The van der Waals surface area contributed by atoms with Crippen LogP contribution in [0.1, 0.15) is 6.42 Å². The van der Waals surface area contributed by atoms with E-state index in [-0.39, 0.29) is 35.5 Å². The first-order chi connectivity index (χ1) is 10.7. The van der Waals surface area contributed by atoms with Gasteiger partial charge in [0.05, 0.1) is 17.4 Å². The van der Waals surface area contributed by atoms with Gasteiger partial charge in [0.2, 0.25) is 11.8 Å². The van der Waals surface area contributed by atoms with Gasteiger partial charge in [-0.25, -0.2) is 9.88 Å². The third-order valence-corrected chi connectivity index (χ3v) is 5.28. The summed E-state index contributed by atoms with van der Waals surface area (Å²) in [4.78, 5) is 31.3. The highest BCUT2D eigenvalue weighted by Gasteiger charge is 2.59. The smallest absolute Gasteiger partial charge is 0.239 e. The molecule has 3 aliphatic rings. The van der Waals surface area contributed by atoms with Crippen molar-refractivity contribution in [2.75, 3.05) is 4.90 Å². The van der Waals surface area contributed by atoms with Crippen molar-refractivity contribution >= 4 is 28.5 Å². The van der Waals surface area contributed by atoms with Crippen LogP contribution < -0.4 is 4.90 Å². The van der Waals surface area contributed by atoms with Gasteiger partial charge in [0.15, 0.2) is 0 Å². The molecule has 2 heterocycles. The Labute approximate surface area is 127 Å². The summed E-state index contributed by atoms with van der Waals surface area (Å²) in [6.07, 6.45) is 5.16. The van der Waals surface area contributed by atoms with Crippen molar-refractivity contribution in [3.8, 4) is 0 Å². The molecule has 4 heteroatoms. The quantitative estimate of drug-likeness (QED) is 0.599. The van der Waals surface area contributed by atoms with E-state index in [0.717, 1.165) is 17.3 Å². The number of hydrogen-bond donors (Lipinski definition) is 0. The number of pyridine rings is 1. The summed E-state index contributed by atoms with van der Waals surface area (Å²) in [7, 11) is 0. The summed E-state index contributed by atoms with van der Waals surface area (Å²) in [5, 5.41) is 1.01. The molecule has 2 aliphatic carbocycles. The third-order valence-electron chi connectivity index (χ3n) is 5.28. The largest absolute Gasteiger partial charge is 0.274 e. The minimum absolute atomic E-state index is 0.0744. The Bertz CT molecular complexity index is 827. The van der Waals surface area contributed by atoms with Gasteiger partial charge in [0.25, 0.3) is 0 Å². The van der Waals surface area contributed by atoms with Crippen LogP contribution in [-0.4, -0.2) is 16.8 Å². The fourth-order valence-corrected chi connectivity index (χ4v) is 4.31. The monoisotopic (exact) mass is 290 g/mol. The molecule has 0 N–H and O–H groups in total. The van der Waals surface area contributed by atoms with Crippen LogP contribution in [-0.2, 0) is 9.59 Å². The topological polar surface area (TPSA) is 50.3 Å². The van der Waals surface area contributed by atoms with Crippen molar-refractivity contribution in [1.82, 2.24) is 4.98 Å². The highest BCUT2D eigenvalue weighted by molar-refractivity contribution is 6.22. The molecule has 4 nitrogen and oxygen atoms in total. The molecule has 0 unspecified atom stereocenters. The lowest BCUT2D eigenvalue weighted by Gasteiger charge is -2.16. The standard InChI is InChI=1S/C18H14N2O2/c21-17-15-11-5-6-12(9-11)16(15)18(22)20(17)14-8-7-10-3-1-2-4-13(10)19-14/h1-8,11-12,15-16H,9H2/t11-,12+,15-,16-/m0/s1. The summed E-state index contributed by atoms with van der Waals surface area (Å²) in [5.41, 5.74) is 0.804. The Morgan fingerprint density at radius 1 is 0.909 bits per heavy atom. The number of allylic oxidation sites excluding steroid dienone is 2. The lowest BCUT2D eigenvalue weighted by atomic mass is 9.85. The van der Waals surface area contributed by atoms with Crippen LogP contribution in [0, 0.1) is 23.7 Å². The molecular formula is C18H14N2O2. The van der Waals surface area contributed by atoms with Gasteiger partial charge in [0.1, 0.15) is 5.82 Å². The van der Waals surface area contributed by atoms with Crippen molar-refractivity contribution in [3.63, 3.8) is 0 Å². The number of carbonyl (C=O) groups excluding carboxylic acids is 2. The fourth-order valence-electron chi connectivity index (χ4n) is 4.31. The van der Waals surface area contributed by atoms with E-state index in [1.54, 1.807) is 6.07 Å². The van der Waals surface area contributed by atoms with E-state index < -0.39 is 0 Å². The number of imide groups is 1. The molecule has 1 saturated carbocycles. The van der Waals surface area contributed by atoms with Crippen molar-refractivity contribution in [1.29, 1.82) is 0 Å². The zero-order valence-electron chi connectivity index (χ0n) is 11.8. The molecule has 108 valence electrons. The molecule has 0 spiro atoms. The molecule has 1 aliphatic heterocycles. The van der Waals surface area contributed by atoms with E-state index in [4.69, 9.17) is 0 Å². The first-order valence-electron chi connectivity index (χ1n) is 7.66. The first kappa shape index (κ1) is 12.1. The number of carbonyl (C=O) groups is 2. The minimum atomic E-state index is -0.171. The van der Waals surface area contributed by atoms with Crippen LogP contribution in [0.4, 0.5) is 5.82 Å². The van der Waals surface area contributed by atoms with Crippen LogP contribution in [0.3, 0.4) is 0 Å². The van der Waals surface area contributed by atoms with Gasteiger partial charge in [0, 0.05) is 5.39 Å². The molecule has 2 amide bonds. The second-order valence-corrected chi connectivity index (χ2v) is 6.37. The highest BCUT2D eigenvalue weighted by atomic mass is 16.2. The third kappa shape index (κ3) is 1.39. The van der Waals surface area contributed by atoms with Gasteiger partial charge in [-0.3, -0.25) is 9.59 Å². The van der Waals surface area contributed by atoms with Crippen LogP contribution in [0.15, 0.2) is 48.6 Å². The predicted molar refractivity (Wildman–Crippen MR) is 82.0 cm³/mol. The number of benzene rings is 1. The maximum atomic E-state index is 12.8. The molecule has 1 aromatic heterocycles. The van der Waals surface area contributed by atoms with E-state index in [9.17, 15) is 9.59 Å². The number of amides is 2. The van der Waals surface area contributed by atoms with E-state index in [1.807, 2.05) is 30.3 Å². The molecule has 2 aromatic rings. The Morgan fingerprint density at radius 3 is 2.32 bits per heavy atom. The average molecular weight is 290 g/mol. The Kier molecular flexibility index (Phi) is 2.22. The van der Waals surface area contributed by atoms with Gasteiger partial charge < -0.3 is 0 Å². The molecule has 1 aromatic carbocycles. The number of rotatable bonds is 1. The van der Waals surface area contributed by atoms with Crippen molar-refractivity contribution in [3.05, 3.63) is 48.6 Å². The van der Waals surface area contributed by atoms with Crippen molar-refractivity contribution in [2.45, 2.75) is 6.42 Å². The minimum Gasteiger partial charge on any atom is -0.274 e. The van der Waals surface area contributed by atoms with Crippen molar-refractivity contribution < 1.29 is 9.59 Å². The number of para-hydroxylation sites is 1. The summed E-state index contributed by atoms with van der Waals surface area (Å²) in [5.74, 6) is 0.437. The number of aromatic nitrogens is 1. The lowest BCUT2D eigenvalue weighted by Crippen LogP contribution is -2.33. The molecule has 4 atom stereocenters. The second-order valence-electron chi connectivity index (χ2n) is 6.37. The summed E-state index contributed by atoms with van der Waals surface area (Å²) in [6.45, 7) is 0. The zero-order chi connectivity index (χ0) is 14.8. The summed E-state index contributed by atoms with van der Waals surface area (Å²) < 4.78 is 0. The predicted octanol–water partition coefficient (Wildman–Crippen LogP) is 2.55. The van der Waals surface area contributed by atoms with E-state index in [1.165, 1.54) is 4.90 Å². The summed E-state index contributed by atoms with van der Waals surface area (Å²) >= 11 is 0. The Hall–Kier alpha value is -2.49. The first-order valence-corrected chi connectivity index (χ1v) is 7.66. The molecule has 2 bridgehead atoms. The molecule has 22 heavy (non-hydrogen) atoms. The maximum absolute atomic E-state index is 12.8. The normalized spacial score (nSPS) is 32.3. The lowest BCUT2D eigenvalue weighted by molar-refractivity contribution is -0.123. The Morgan fingerprint density at radius 2 is 1.59 bits per heavy atom. The Balaban J connectivity index is 1.60. The average Bonchev–Trinajstić information content (AvgIpc) is 3.21. The molecule has 2 fully saturated rings. The SMILES string of the molecule is O=C1[C@@H]2[C@@H](C(=O)N1c1ccc3ccccc3n1)[C@H]1C=C[C@@H]2C1. The maximum Gasteiger partial charge on any atom is 0.239 e. The van der Waals surface area contributed by atoms with Crippen LogP contribution in [0.5, 0.6) is 0 Å². The summed E-state index contributed by atoms with van der Waals surface area (Å²) in [6, 6.07) is 11.4. The van der Waals surface area contributed by atoms with E-state index in [0.29, 0.717) is 5.82 Å². The van der Waals surface area contributed by atoms with E-state index in [2.05, 4.69) is 17.1 Å². The second kappa shape index (κ2) is 4.03. The molecule has 1 saturated heterocycles. The van der Waals surface area contributed by atoms with Crippen LogP contribution in [0.2, 0.25) is 0 Å². The van der Waals surface area contributed by atoms with Crippen LogP contribution >= 0.6 is 0 Å². The number of nitrogens with zero attached hydrogens (tertiary/aromatic N) is 2. The van der Waals surface area contributed by atoms with Gasteiger partial charge in [-0.15, -0.1) is 0 Å². The van der Waals surface area contributed by atoms with Gasteiger partial charge in [-0.2, -0.15) is 0 Å². The fraction of sp³-hybridized carbons (Fsp3) is 0.278. The molecule has 5 rings (SSSR count). The highest BCUT2D eigenvalue weighted by Crippen LogP contribution is 2.53. The molecular weight excluding hydrogens is 276 g/mol. The number of hydrogen-bond acceptors (Lipinski definition) is 3. The zero-order valence-corrected chi connectivity index (χ0v) is 11.8. The van der Waals surface area contributed by atoms with Gasteiger partial charge in [-0.05, 0) is 36.5 Å².